The number of nitriles is 1. The van der Waals surface area contributed by atoms with Crippen LogP contribution in [0.1, 0.15) is 90.8 Å². The molecular weight excluding hydrogens is 894 g/mol. The Kier molecular flexibility index (Phi) is 12.8. The maximum absolute atomic E-state index is 13.1. The largest absolute Gasteiger partial charge is 0.490 e. The molecule has 17 nitrogen and oxygen atoms in total. The Morgan fingerprint density at radius 1 is 0.841 bits per heavy atom. The molecule has 5 aliphatic heterocycles. The Labute approximate surface area is 407 Å². The normalized spacial score (nSPS) is 21.2. The van der Waals surface area contributed by atoms with Gasteiger partial charge in [-0.1, -0.05) is 11.6 Å². The third-order valence-corrected chi connectivity index (χ3v) is 15.3. The molecule has 11 rings (SSSR count). The molecule has 6 aliphatic rings. The average Bonchev–Trinajstić information content (AvgIpc) is 3.76. The van der Waals surface area contributed by atoms with Crippen molar-refractivity contribution in [1.29, 1.82) is 5.26 Å². The number of halogens is 1. The lowest BCUT2D eigenvalue weighted by Gasteiger charge is -2.48. The summed E-state index contributed by atoms with van der Waals surface area (Å²) in [5, 5.41) is 26.7. The van der Waals surface area contributed by atoms with Gasteiger partial charge >= 0.3 is 0 Å². The summed E-state index contributed by atoms with van der Waals surface area (Å²) in [4.78, 5) is 46.9. The van der Waals surface area contributed by atoms with E-state index in [1.54, 1.807) is 31.2 Å². The van der Waals surface area contributed by atoms with Crippen LogP contribution in [0.15, 0.2) is 60.9 Å². The highest BCUT2D eigenvalue weighted by atomic mass is 35.5. The summed E-state index contributed by atoms with van der Waals surface area (Å²) in [5.41, 5.74) is 7.45. The molecule has 69 heavy (non-hydrogen) atoms. The third-order valence-electron chi connectivity index (χ3n) is 15.0. The molecule has 1 N–H and O–H groups in total. The zero-order valence-electron chi connectivity index (χ0n) is 39.1. The number of aromatic nitrogens is 6. The minimum Gasteiger partial charge on any atom is -0.490 e. The predicted octanol–water partition coefficient (Wildman–Crippen LogP) is 6.13. The molecule has 0 spiro atoms. The Balaban J connectivity index is 0.649. The van der Waals surface area contributed by atoms with Gasteiger partial charge in [0.15, 0.2) is 17.3 Å². The van der Waals surface area contributed by atoms with Crippen molar-refractivity contribution in [3.05, 3.63) is 94.0 Å². The summed E-state index contributed by atoms with van der Waals surface area (Å²) < 4.78 is 14.1. The zero-order chi connectivity index (χ0) is 47.0. The molecule has 18 heteroatoms. The van der Waals surface area contributed by atoms with Gasteiger partial charge in [-0.15, -0.1) is 10.2 Å². The topological polar surface area (TPSA) is 174 Å². The summed E-state index contributed by atoms with van der Waals surface area (Å²) in [6, 6.07) is 18.2. The number of carbonyl (C=O) groups is 2. The van der Waals surface area contributed by atoms with Gasteiger partial charge in [-0.05, 0) is 99.4 Å². The van der Waals surface area contributed by atoms with Crippen LogP contribution < -0.4 is 24.8 Å². The number of ether oxygens (including phenoxy) is 2. The number of nitrogens with zero attached hydrogens (tertiary/aromatic N) is 12. The number of aryl methyl sites for hydroxylation is 1. The van der Waals surface area contributed by atoms with Crippen LogP contribution in [0.3, 0.4) is 0 Å². The fraction of sp³-hybridized carbons (Fsp3) is 0.490. The van der Waals surface area contributed by atoms with Crippen molar-refractivity contribution < 1.29 is 19.1 Å². The van der Waals surface area contributed by atoms with Crippen LogP contribution in [0.2, 0.25) is 5.02 Å². The van der Waals surface area contributed by atoms with E-state index >= 15 is 0 Å². The first-order valence-corrected chi connectivity index (χ1v) is 25.0. The smallest absolute Gasteiger partial charge is 0.272 e. The quantitative estimate of drug-likeness (QED) is 0.170. The molecule has 0 atom stereocenters. The molecule has 3 saturated heterocycles. The van der Waals surface area contributed by atoms with Crippen molar-refractivity contribution in [3.8, 4) is 23.1 Å². The first-order valence-electron chi connectivity index (χ1n) is 24.7. The summed E-state index contributed by atoms with van der Waals surface area (Å²) >= 11 is 6.17. The number of carbonyl (C=O) groups excluding carboxylic acids is 2. The highest BCUT2D eigenvalue weighted by Crippen LogP contribution is 2.40. The predicted molar refractivity (Wildman–Crippen MR) is 261 cm³/mol. The highest BCUT2D eigenvalue weighted by molar-refractivity contribution is 6.31. The summed E-state index contributed by atoms with van der Waals surface area (Å²) in [6.45, 7) is 10.7. The standard InChI is InChI=1S/C51H58ClN13O4/c1-33(66)62-18-14-46-42(32-62)50(59-65(46)38-15-23-68-24-16-38)64-17-2-3-34-25-45(54-29-47(34)64)36-5-12-48(55-28-36)63-30-39(31-63)60-19-21-61(22-20-60)49-13-11-44(57-58-49)51(67)56-37-6-9-40(10-7-37)69-41-8-4-35(27-53)43(52)26-41/h4-5,8,11-13,25-26,28-29,37-40H,2-3,6-7,9-10,14-24,30-32H2,1H3,(H,56,67). The lowest BCUT2D eigenvalue weighted by Crippen LogP contribution is -2.63. The van der Waals surface area contributed by atoms with Crippen molar-refractivity contribution in [2.75, 3.05) is 80.3 Å². The zero-order valence-corrected chi connectivity index (χ0v) is 39.9. The molecule has 0 bridgehead atoms. The number of amides is 2. The van der Waals surface area contributed by atoms with Gasteiger partial charge in [0.05, 0.1) is 46.9 Å². The van der Waals surface area contributed by atoms with E-state index < -0.39 is 0 Å². The van der Waals surface area contributed by atoms with Crippen LogP contribution >= 0.6 is 11.6 Å². The van der Waals surface area contributed by atoms with Gasteiger partial charge < -0.3 is 34.4 Å². The molecule has 0 radical (unpaired) electrons. The molecule has 1 aliphatic carbocycles. The molecule has 5 aromatic rings. The number of piperazine rings is 1. The fourth-order valence-corrected chi connectivity index (χ4v) is 11.2. The van der Waals surface area contributed by atoms with Gasteiger partial charge in [0.2, 0.25) is 5.91 Å². The SMILES string of the molecule is CC(=O)N1CCc2c(c(N3CCCc4cc(-c5ccc(N6CC(N7CCN(c8ccc(C(=O)NC9CCC(Oc%10ccc(C#N)c(Cl)c%10)CC9)nn8)CC7)C6)nc5)ncc43)nn2C2CCOCC2)C1. The van der Waals surface area contributed by atoms with E-state index in [4.69, 9.17) is 41.4 Å². The lowest BCUT2D eigenvalue weighted by molar-refractivity contribution is -0.129. The van der Waals surface area contributed by atoms with Gasteiger partial charge in [0, 0.05) is 120 Å². The second-order valence-electron chi connectivity index (χ2n) is 19.3. The van der Waals surface area contributed by atoms with Crippen LogP contribution in [-0.2, 0) is 28.9 Å². The molecule has 9 heterocycles. The first-order chi connectivity index (χ1) is 33.7. The first kappa shape index (κ1) is 45.1. The van der Waals surface area contributed by atoms with E-state index in [1.165, 1.54) is 16.8 Å². The van der Waals surface area contributed by atoms with Crippen molar-refractivity contribution in [2.45, 2.75) is 95.5 Å². The summed E-state index contributed by atoms with van der Waals surface area (Å²) in [7, 11) is 0. The van der Waals surface area contributed by atoms with Crippen LogP contribution in [0.4, 0.5) is 23.1 Å². The van der Waals surface area contributed by atoms with E-state index in [1.807, 2.05) is 23.4 Å². The molecule has 358 valence electrons. The van der Waals surface area contributed by atoms with E-state index in [0.717, 1.165) is 158 Å². The van der Waals surface area contributed by atoms with Gasteiger partial charge in [-0.3, -0.25) is 24.2 Å². The number of hydrogen-bond acceptors (Lipinski definition) is 14. The minimum absolute atomic E-state index is 0.0286. The molecular formula is C51H58ClN13O4. The van der Waals surface area contributed by atoms with Gasteiger partial charge in [0.25, 0.3) is 5.91 Å². The number of rotatable bonds is 10. The van der Waals surface area contributed by atoms with E-state index in [0.29, 0.717) is 40.7 Å². The molecule has 4 fully saturated rings. The van der Waals surface area contributed by atoms with Crippen LogP contribution in [-0.4, -0.2) is 135 Å². The highest BCUT2D eigenvalue weighted by Gasteiger charge is 2.36. The number of nitrogens with one attached hydrogen (secondary N) is 1. The number of fused-ring (bicyclic) bond motifs is 2. The number of hydrogen-bond donors (Lipinski definition) is 1. The van der Waals surface area contributed by atoms with Gasteiger partial charge in [-0.2, -0.15) is 10.4 Å². The average molecular weight is 953 g/mol. The number of anilines is 4. The maximum Gasteiger partial charge on any atom is 0.272 e. The minimum atomic E-state index is -0.211. The van der Waals surface area contributed by atoms with E-state index in [9.17, 15) is 9.59 Å². The molecule has 2 amide bonds. The summed E-state index contributed by atoms with van der Waals surface area (Å²) in [5.74, 6) is 3.28. The Bertz CT molecular complexity index is 2720. The van der Waals surface area contributed by atoms with Crippen molar-refractivity contribution in [3.63, 3.8) is 0 Å². The van der Waals surface area contributed by atoms with Crippen molar-refractivity contribution in [1.82, 2.24) is 45.1 Å². The molecule has 4 aromatic heterocycles. The number of pyridine rings is 2. The van der Waals surface area contributed by atoms with E-state index in [-0.39, 0.29) is 24.0 Å². The Morgan fingerprint density at radius 2 is 1.65 bits per heavy atom. The maximum atomic E-state index is 13.1. The Hall–Kier alpha value is -6.35. The van der Waals surface area contributed by atoms with Crippen molar-refractivity contribution in [2.24, 2.45) is 0 Å². The van der Waals surface area contributed by atoms with Crippen LogP contribution in [0.5, 0.6) is 5.75 Å². The second-order valence-corrected chi connectivity index (χ2v) is 19.7. The van der Waals surface area contributed by atoms with Gasteiger partial charge in [-0.25, -0.2) is 4.98 Å². The second kappa shape index (κ2) is 19.6. The molecule has 1 aromatic carbocycles. The van der Waals surface area contributed by atoms with Crippen molar-refractivity contribution >= 4 is 46.6 Å². The van der Waals surface area contributed by atoms with Gasteiger partial charge in [0.1, 0.15) is 17.6 Å². The van der Waals surface area contributed by atoms with E-state index in [2.05, 4.69) is 64.1 Å². The molecule has 1 saturated carbocycles. The number of benzene rings is 1. The lowest BCUT2D eigenvalue weighted by atomic mass is 9.93. The summed E-state index contributed by atoms with van der Waals surface area (Å²) in [6.07, 6.45) is 11.9. The van der Waals surface area contributed by atoms with Crippen LogP contribution in [0.25, 0.3) is 11.3 Å². The molecule has 0 unspecified atom stereocenters. The third kappa shape index (κ3) is 9.41. The fourth-order valence-electron chi connectivity index (χ4n) is 11.0. The van der Waals surface area contributed by atoms with Crippen LogP contribution in [0, 0.1) is 11.3 Å². The Morgan fingerprint density at radius 3 is 2.38 bits per heavy atom. The monoisotopic (exact) mass is 951 g/mol.